The summed E-state index contributed by atoms with van der Waals surface area (Å²) in [7, 11) is 0. The van der Waals surface area contributed by atoms with Crippen molar-refractivity contribution < 1.29 is 13.6 Å². The van der Waals surface area contributed by atoms with E-state index in [2.05, 4.69) is 27.2 Å². The number of benzene rings is 1. The lowest BCUT2D eigenvalue weighted by atomic mass is 10.2. The Balaban J connectivity index is 1.55. The average Bonchev–Trinajstić information content (AvgIpc) is 3.27. The van der Waals surface area contributed by atoms with Gasteiger partial charge in [0, 0.05) is 24.3 Å². The molecule has 4 rings (SSSR count). The summed E-state index contributed by atoms with van der Waals surface area (Å²) in [6.45, 7) is 3.39. The fourth-order valence-electron chi connectivity index (χ4n) is 2.48. The second kappa shape index (κ2) is 5.65. The molecule has 6 heteroatoms. The van der Waals surface area contributed by atoms with Crippen molar-refractivity contribution >= 4 is 5.69 Å². The Morgan fingerprint density at radius 1 is 0.909 bits per heavy atom. The van der Waals surface area contributed by atoms with Crippen molar-refractivity contribution in [2.45, 2.75) is 0 Å². The Bertz CT molecular complexity index is 728. The molecule has 0 saturated carbocycles. The van der Waals surface area contributed by atoms with Gasteiger partial charge in [-0.3, -0.25) is 0 Å². The number of rotatable bonds is 3. The van der Waals surface area contributed by atoms with Crippen LogP contribution in [0, 0.1) is 0 Å². The minimum absolute atomic E-state index is 0.386. The zero-order valence-corrected chi connectivity index (χ0v) is 11.9. The highest BCUT2D eigenvalue weighted by Crippen LogP contribution is 2.26. The number of ether oxygens (including phenoxy) is 1. The fourth-order valence-corrected chi connectivity index (χ4v) is 2.48. The highest BCUT2D eigenvalue weighted by molar-refractivity contribution is 5.60. The Kier molecular flexibility index (Phi) is 3.36. The molecule has 0 bridgehead atoms. The molecular formula is C16H15N3O3. The Labute approximate surface area is 127 Å². The van der Waals surface area contributed by atoms with Gasteiger partial charge in [-0.25, -0.2) is 0 Å². The summed E-state index contributed by atoms with van der Waals surface area (Å²) in [5, 5.41) is 8.08. The fraction of sp³-hybridized carbons (Fsp3) is 0.250. The minimum atomic E-state index is 0.386. The Hall–Kier alpha value is -2.60. The summed E-state index contributed by atoms with van der Waals surface area (Å²) in [6.07, 6.45) is 1.58. The van der Waals surface area contributed by atoms with Crippen LogP contribution in [0.5, 0.6) is 0 Å². The van der Waals surface area contributed by atoms with Crippen LogP contribution in [0.3, 0.4) is 0 Å². The summed E-state index contributed by atoms with van der Waals surface area (Å²) in [5.74, 6) is 1.45. The van der Waals surface area contributed by atoms with Crippen LogP contribution in [0.15, 0.2) is 51.5 Å². The van der Waals surface area contributed by atoms with Gasteiger partial charge >= 0.3 is 0 Å². The van der Waals surface area contributed by atoms with E-state index in [9.17, 15) is 0 Å². The molecule has 0 atom stereocenters. The van der Waals surface area contributed by atoms with Gasteiger partial charge in [0.05, 0.1) is 19.5 Å². The standard InChI is InChI=1S/C16H15N3O3/c1-2-14(21-9-1)16-18-17-15(22-16)12-3-5-13(6-4-12)19-7-10-20-11-8-19/h1-6,9H,7-8,10-11H2. The summed E-state index contributed by atoms with van der Waals surface area (Å²) in [4.78, 5) is 2.30. The maximum atomic E-state index is 5.65. The van der Waals surface area contributed by atoms with Crippen molar-refractivity contribution in [3.8, 4) is 23.1 Å². The molecule has 1 aromatic carbocycles. The highest BCUT2D eigenvalue weighted by Gasteiger charge is 2.14. The average molecular weight is 297 g/mol. The molecule has 22 heavy (non-hydrogen) atoms. The number of nitrogens with zero attached hydrogens (tertiary/aromatic N) is 3. The number of hydrogen-bond acceptors (Lipinski definition) is 6. The predicted octanol–water partition coefficient (Wildman–Crippen LogP) is 2.83. The van der Waals surface area contributed by atoms with Crippen molar-refractivity contribution in [2.24, 2.45) is 0 Å². The van der Waals surface area contributed by atoms with Gasteiger partial charge in [0.2, 0.25) is 5.89 Å². The summed E-state index contributed by atoms with van der Waals surface area (Å²) >= 11 is 0. The lowest BCUT2D eigenvalue weighted by Crippen LogP contribution is -2.36. The molecule has 0 aliphatic carbocycles. The summed E-state index contributed by atoms with van der Waals surface area (Å²) < 4.78 is 16.3. The van der Waals surface area contributed by atoms with Crippen LogP contribution in [0.2, 0.25) is 0 Å². The second-order valence-corrected chi connectivity index (χ2v) is 5.04. The first-order valence-electron chi connectivity index (χ1n) is 7.21. The van der Waals surface area contributed by atoms with Crippen LogP contribution < -0.4 is 4.90 Å². The lowest BCUT2D eigenvalue weighted by molar-refractivity contribution is 0.122. The van der Waals surface area contributed by atoms with Crippen molar-refractivity contribution in [1.29, 1.82) is 0 Å². The normalized spacial score (nSPS) is 15.2. The highest BCUT2D eigenvalue weighted by atomic mass is 16.5. The molecular weight excluding hydrogens is 282 g/mol. The van der Waals surface area contributed by atoms with Crippen molar-refractivity contribution in [3.05, 3.63) is 42.7 Å². The maximum absolute atomic E-state index is 5.65. The minimum Gasteiger partial charge on any atom is -0.459 e. The van der Waals surface area contributed by atoms with E-state index >= 15 is 0 Å². The molecule has 0 radical (unpaired) electrons. The molecule has 3 aromatic rings. The summed E-state index contributed by atoms with van der Waals surface area (Å²) in [5.41, 5.74) is 2.07. The largest absolute Gasteiger partial charge is 0.459 e. The van der Waals surface area contributed by atoms with E-state index in [4.69, 9.17) is 13.6 Å². The molecule has 0 spiro atoms. The number of aromatic nitrogens is 2. The van der Waals surface area contributed by atoms with E-state index in [0.29, 0.717) is 17.5 Å². The van der Waals surface area contributed by atoms with E-state index in [1.54, 1.807) is 18.4 Å². The van der Waals surface area contributed by atoms with Crippen molar-refractivity contribution in [2.75, 3.05) is 31.2 Å². The lowest BCUT2D eigenvalue weighted by Gasteiger charge is -2.28. The van der Waals surface area contributed by atoms with Gasteiger partial charge in [0.1, 0.15) is 0 Å². The predicted molar refractivity (Wildman–Crippen MR) is 80.5 cm³/mol. The molecule has 2 aromatic heterocycles. The van der Waals surface area contributed by atoms with Crippen molar-refractivity contribution in [3.63, 3.8) is 0 Å². The molecule has 1 saturated heterocycles. The third-order valence-electron chi connectivity index (χ3n) is 3.65. The molecule has 112 valence electrons. The first-order valence-corrected chi connectivity index (χ1v) is 7.21. The maximum Gasteiger partial charge on any atom is 0.283 e. The first kappa shape index (κ1) is 13.1. The molecule has 1 aliphatic rings. The molecule has 6 nitrogen and oxygen atoms in total. The molecule has 1 aliphatic heterocycles. The van der Waals surface area contributed by atoms with Crippen LogP contribution >= 0.6 is 0 Å². The van der Waals surface area contributed by atoms with Gasteiger partial charge in [-0.05, 0) is 36.4 Å². The number of hydrogen-bond donors (Lipinski definition) is 0. The zero-order chi connectivity index (χ0) is 14.8. The summed E-state index contributed by atoms with van der Waals surface area (Å²) in [6, 6.07) is 11.7. The van der Waals surface area contributed by atoms with Gasteiger partial charge in [0.25, 0.3) is 5.89 Å². The van der Waals surface area contributed by atoms with E-state index in [-0.39, 0.29) is 0 Å². The smallest absolute Gasteiger partial charge is 0.283 e. The Morgan fingerprint density at radius 3 is 2.41 bits per heavy atom. The molecule has 0 unspecified atom stereocenters. The number of furan rings is 1. The quantitative estimate of drug-likeness (QED) is 0.740. The molecule has 3 heterocycles. The number of morpholine rings is 1. The van der Waals surface area contributed by atoms with Crippen LogP contribution in [0.4, 0.5) is 5.69 Å². The first-order chi connectivity index (χ1) is 10.9. The van der Waals surface area contributed by atoms with E-state index < -0.39 is 0 Å². The van der Waals surface area contributed by atoms with E-state index in [1.807, 2.05) is 12.1 Å². The third kappa shape index (κ3) is 2.48. The molecule has 1 fully saturated rings. The van der Waals surface area contributed by atoms with Crippen molar-refractivity contribution in [1.82, 2.24) is 10.2 Å². The van der Waals surface area contributed by atoms with Gasteiger partial charge in [0.15, 0.2) is 5.76 Å². The zero-order valence-electron chi connectivity index (χ0n) is 11.9. The van der Waals surface area contributed by atoms with Crippen LogP contribution in [-0.4, -0.2) is 36.5 Å². The SMILES string of the molecule is c1coc(-c2nnc(-c3ccc(N4CCOCC4)cc3)o2)c1. The monoisotopic (exact) mass is 297 g/mol. The van der Waals surface area contributed by atoms with Gasteiger partial charge in [-0.2, -0.15) is 0 Å². The molecule has 0 N–H and O–H groups in total. The topological polar surface area (TPSA) is 64.5 Å². The van der Waals surface area contributed by atoms with Crippen LogP contribution in [0.1, 0.15) is 0 Å². The van der Waals surface area contributed by atoms with Crippen LogP contribution in [0.25, 0.3) is 23.1 Å². The second-order valence-electron chi connectivity index (χ2n) is 5.04. The molecule has 0 amide bonds. The number of anilines is 1. The Morgan fingerprint density at radius 2 is 1.68 bits per heavy atom. The van der Waals surface area contributed by atoms with Crippen LogP contribution in [-0.2, 0) is 4.74 Å². The van der Waals surface area contributed by atoms with E-state index in [1.165, 1.54) is 5.69 Å². The third-order valence-corrected chi connectivity index (χ3v) is 3.65. The van der Waals surface area contributed by atoms with Gasteiger partial charge in [-0.1, -0.05) is 0 Å². The van der Waals surface area contributed by atoms with Gasteiger partial charge < -0.3 is 18.5 Å². The van der Waals surface area contributed by atoms with E-state index in [0.717, 1.165) is 31.9 Å². The van der Waals surface area contributed by atoms with Gasteiger partial charge in [-0.15, -0.1) is 10.2 Å².